The summed E-state index contributed by atoms with van der Waals surface area (Å²) in [7, 11) is 3.13. The van der Waals surface area contributed by atoms with Gasteiger partial charge in [-0.2, -0.15) is 0 Å². The maximum Gasteiger partial charge on any atom is 0.237 e. The molecule has 1 amide bonds. The molecule has 0 fully saturated rings. The van der Waals surface area contributed by atoms with Crippen molar-refractivity contribution in [1.82, 2.24) is 9.97 Å². The minimum absolute atomic E-state index is 0.170. The van der Waals surface area contributed by atoms with Gasteiger partial charge in [0.25, 0.3) is 0 Å². The van der Waals surface area contributed by atoms with Crippen LogP contribution >= 0.6 is 34.7 Å². The highest BCUT2D eigenvalue weighted by Gasteiger charge is 2.21. The number of benzene rings is 2. The van der Waals surface area contributed by atoms with Gasteiger partial charge in [0.15, 0.2) is 0 Å². The Labute approximate surface area is 198 Å². The van der Waals surface area contributed by atoms with Crippen molar-refractivity contribution in [3.8, 4) is 22.6 Å². The molecule has 0 aliphatic rings. The van der Waals surface area contributed by atoms with Gasteiger partial charge in [-0.25, -0.2) is 9.97 Å². The quantitative estimate of drug-likeness (QED) is 0.250. The van der Waals surface area contributed by atoms with Crippen molar-refractivity contribution in [2.45, 2.75) is 17.2 Å². The number of thioether (sulfide) groups is 1. The van der Waals surface area contributed by atoms with Gasteiger partial charge in [-0.05, 0) is 36.8 Å². The molecule has 0 aliphatic heterocycles. The van der Waals surface area contributed by atoms with Gasteiger partial charge in [-0.3, -0.25) is 4.79 Å². The van der Waals surface area contributed by atoms with Crippen LogP contribution in [0.5, 0.6) is 11.5 Å². The van der Waals surface area contributed by atoms with Crippen LogP contribution < -0.4 is 14.8 Å². The van der Waals surface area contributed by atoms with E-state index in [0.717, 1.165) is 26.4 Å². The lowest BCUT2D eigenvalue weighted by Gasteiger charge is -2.15. The summed E-state index contributed by atoms with van der Waals surface area (Å²) in [6.07, 6.45) is 1.53. The maximum atomic E-state index is 13.0. The SMILES string of the molecule is COc1ccc(OC)c(NC(=O)C(C)Sc2ncnc3scc(-c4ccc(Cl)cc4)c23)c1. The summed E-state index contributed by atoms with van der Waals surface area (Å²) in [5.74, 6) is 1.02. The average molecular weight is 486 g/mol. The fraction of sp³-hybridized carbons (Fsp3) is 0.174. The number of rotatable bonds is 7. The molecule has 0 spiro atoms. The minimum Gasteiger partial charge on any atom is -0.497 e. The van der Waals surface area contributed by atoms with Gasteiger partial charge in [0.2, 0.25) is 5.91 Å². The summed E-state index contributed by atoms with van der Waals surface area (Å²) in [6, 6.07) is 12.9. The molecule has 0 radical (unpaired) electrons. The number of methoxy groups -OCH3 is 2. The number of nitrogens with zero attached hydrogens (tertiary/aromatic N) is 2. The van der Waals surface area contributed by atoms with Gasteiger partial charge in [0.05, 0.1) is 30.5 Å². The van der Waals surface area contributed by atoms with Crippen LogP contribution in [0.3, 0.4) is 0 Å². The number of thiophene rings is 1. The number of hydrogen-bond acceptors (Lipinski definition) is 7. The fourth-order valence-electron chi connectivity index (χ4n) is 3.15. The van der Waals surface area contributed by atoms with E-state index in [0.29, 0.717) is 22.2 Å². The van der Waals surface area contributed by atoms with Crippen molar-refractivity contribution in [3.63, 3.8) is 0 Å². The Morgan fingerprint density at radius 3 is 2.62 bits per heavy atom. The molecule has 4 aromatic rings. The molecule has 0 aliphatic carbocycles. The van der Waals surface area contributed by atoms with Crippen molar-refractivity contribution < 1.29 is 14.3 Å². The van der Waals surface area contributed by atoms with Crippen LogP contribution in [0.2, 0.25) is 5.02 Å². The molecule has 2 aromatic heterocycles. The van der Waals surface area contributed by atoms with Gasteiger partial charge >= 0.3 is 0 Å². The molecule has 0 saturated carbocycles. The van der Waals surface area contributed by atoms with Gasteiger partial charge in [-0.15, -0.1) is 11.3 Å². The molecule has 6 nitrogen and oxygen atoms in total. The number of carbonyl (C=O) groups is 1. The first-order chi connectivity index (χ1) is 15.5. The molecule has 0 saturated heterocycles. The minimum atomic E-state index is -0.415. The van der Waals surface area contributed by atoms with Gasteiger partial charge < -0.3 is 14.8 Å². The van der Waals surface area contributed by atoms with E-state index >= 15 is 0 Å². The number of amides is 1. The molecule has 1 N–H and O–H groups in total. The topological polar surface area (TPSA) is 73.3 Å². The number of fused-ring (bicyclic) bond motifs is 1. The van der Waals surface area contributed by atoms with Crippen molar-refractivity contribution in [3.05, 3.63) is 59.2 Å². The van der Waals surface area contributed by atoms with Gasteiger partial charge in [-0.1, -0.05) is 35.5 Å². The molecule has 1 atom stereocenters. The summed E-state index contributed by atoms with van der Waals surface area (Å²) in [5.41, 5.74) is 2.59. The lowest BCUT2D eigenvalue weighted by atomic mass is 10.1. The predicted octanol–water partition coefficient (Wildman–Crippen LogP) is 6.15. The van der Waals surface area contributed by atoms with Crippen LogP contribution in [0.1, 0.15) is 6.92 Å². The largest absolute Gasteiger partial charge is 0.497 e. The fourth-order valence-corrected chi connectivity index (χ4v) is 5.19. The first-order valence-corrected chi connectivity index (χ1v) is 11.8. The highest BCUT2D eigenvalue weighted by atomic mass is 35.5. The zero-order valence-corrected chi connectivity index (χ0v) is 20.0. The van der Waals surface area contributed by atoms with E-state index < -0.39 is 5.25 Å². The molecular formula is C23H20ClN3O3S2. The van der Waals surface area contributed by atoms with Crippen LogP contribution in [0.25, 0.3) is 21.3 Å². The molecule has 4 rings (SSSR count). The number of ether oxygens (including phenoxy) is 2. The van der Waals surface area contributed by atoms with Crippen molar-refractivity contribution in [2.24, 2.45) is 0 Å². The van der Waals surface area contributed by atoms with Crippen molar-refractivity contribution >= 4 is 56.5 Å². The third kappa shape index (κ3) is 4.67. The third-order valence-electron chi connectivity index (χ3n) is 4.81. The second kappa shape index (κ2) is 9.77. The van der Waals surface area contributed by atoms with Crippen LogP contribution in [-0.2, 0) is 4.79 Å². The number of carbonyl (C=O) groups excluding carboxylic acids is 1. The van der Waals surface area contributed by atoms with E-state index in [9.17, 15) is 4.79 Å². The number of anilines is 1. The maximum absolute atomic E-state index is 13.0. The molecule has 32 heavy (non-hydrogen) atoms. The van der Waals surface area contributed by atoms with Gasteiger partial charge in [0, 0.05) is 22.0 Å². The lowest BCUT2D eigenvalue weighted by molar-refractivity contribution is -0.115. The number of hydrogen-bond donors (Lipinski definition) is 1. The summed E-state index contributed by atoms with van der Waals surface area (Å²) in [4.78, 5) is 22.7. The molecule has 2 heterocycles. The standard InChI is InChI=1S/C23H20ClN3O3S2/c1-13(21(28)27-18-10-16(29-2)8-9-19(18)30-3)32-23-20-17(11-31-22(20)25-12-26-23)14-4-6-15(24)7-5-14/h4-13H,1-3H3,(H,27,28). The Morgan fingerprint density at radius 1 is 1.12 bits per heavy atom. The lowest BCUT2D eigenvalue weighted by Crippen LogP contribution is -2.22. The Hall–Kier alpha value is -2.81. The third-order valence-corrected chi connectivity index (χ3v) is 7.05. The van der Waals surface area contributed by atoms with E-state index in [2.05, 4.69) is 20.7 Å². The van der Waals surface area contributed by atoms with E-state index in [1.165, 1.54) is 18.1 Å². The van der Waals surface area contributed by atoms with Gasteiger partial charge in [0.1, 0.15) is 27.7 Å². The normalized spacial score (nSPS) is 11.9. The summed E-state index contributed by atoms with van der Waals surface area (Å²) < 4.78 is 10.6. The highest BCUT2D eigenvalue weighted by Crippen LogP contribution is 2.39. The molecule has 1 unspecified atom stereocenters. The molecular weight excluding hydrogens is 466 g/mol. The Kier molecular flexibility index (Phi) is 6.83. The van der Waals surface area contributed by atoms with E-state index in [1.54, 1.807) is 43.8 Å². The molecule has 2 aromatic carbocycles. The van der Waals surface area contributed by atoms with Crippen molar-refractivity contribution in [2.75, 3.05) is 19.5 Å². The van der Waals surface area contributed by atoms with E-state index in [4.69, 9.17) is 21.1 Å². The van der Waals surface area contributed by atoms with E-state index in [1.807, 2.05) is 31.2 Å². The Bertz CT molecular complexity index is 1260. The number of halogens is 1. The molecule has 0 bridgehead atoms. The summed E-state index contributed by atoms with van der Waals surface area (Å²) in [5, 5.41) is 6.93. The zero-order chi connectivity index (χ0) is 22.7. The average Bonchev–Trinajstić information content (AvgIpc) is 3.24. The second-order valence-electron chi connectivity index (χ2n) is 6.83. The smallest absolute Gasteiger partial charge is 0.237 e. The van der Waals surface area contributed by atoms with Crippen LogP contribution in [0, 0.1) is 0 Å². The van der Waals surface area contributed by atoms with E-state index in [-0.39, 0.29) is 5.91 Å². The number of nitrogens with one attached hydrogen (secondary N) is 1. The molecule has 164 valence electrons. The first kappa shape index (κ1) is 22.4. The predicted molar refractivity (Wildman–Crippen MR) is 131 cm³/mol. The zero-order valence-electron chi connectivity index (χ0n) is 17.6. The van der Waals surface area contributed by atoms with Crippen LogP contribution in [-0.4, -0.2) is 35.3 Å². The summed E-state index contributed by atoms with van der Waals surface area (Å²) in [6.45, 7) is 1.84. The second-order valence-corrected chi connectivity index (χ2v) is 9.45. The molecule has 9 heteroatoms. The monoisotopic (exact) mass is 485 g/mol. The summed E-state index contributed by atoms with van der Waals surface area (Å²) >= 11 is 8.98. The van der Waals surface area contributed by atoms with Crippen molar-refractivity contribution in [1.29, 1.82) is 0 Å². The van der Waals surface area contributed by atoms with Crippen LogP contribution in [0.4, 0.5) is 5.69 Å². The Morgan fingerprint density at radius 2 is 1.91 bits per heavy atom. The number of aromatic nitrogens is 2. The van der Waals surface area contributed by atoms with Crippen LogP contribution in [0.15, 0.2) is 59.2 Å². The highest BCUT2D eigenvalue weighted by molar-refractivity contribution is 8.00. The first-order valence-electron chi connectivity index (χ1n) is 9.68. The Balaban J connectivity index is 1.60.